The number of rotatable bonds is 9. The molecule has 1 aromatic rings. The Labute approximate surface area is 128 Å². The first-order chi connectivity index (χ1) is 9.36. The minimum absolute atomic E-state index is 0.0568. The van der Waals surface area contributed by atoms with Crippen LogP contribution in [-0.4, -0.2) is 41.6 Å². The molecule has 0 aromatic carbocycles. The van der Waals surface area contributed by atoms with Gasteiger partial charge in [-0.05, 0) is 29.0 Å². The molecule has 0 bridgehead atoms. The number of ether oxygens (including phenoxy) is 1. The van der Waals surface area contributed by atoms with Gasteiger partial charge in [0, 0.05) is 18.0 Å². The van der Waals surface area contributed by atoms with E-state index in [1.165, 1.54) is 11.3 Å². The standard InChI is InChI=1S/C10H15BrF2N2O3S2/c1-14-5-7-4-8(10(11)19-7)20(16,17)15-2-3-18-6-9(12)13/h4,9,14-15H,2-3,5-6H2,1H3. The maximum atomic E-state index is 12.0. The molecule has 5 nitrogen and oxygen atoms in total. The summed E-state index contributed by atoms with van der Waals surface area (Å²) in [4.78, 5) is 1.01. The summed E-state index contributed by atoms with van der Waals surface area (Å²) in [5.74, 6) is 0. The molecule has 1 aromatic heterocycles. The number of thiophene rings is 1. The molecule has 20 heavy (non-hydrogen) atoms. The third-order valence-corrected chi connectivity index (χ3v) is 5.84. The van der Waals surface area contributed by atoms with Crippen molar-refractivity contribution in [2.24, 2.45) is 0 Å². The van der Waals surface area contributed by atoms with Gasteiger partial charge in [-0.1, -0.05) is 0 Å². The largest absolute Gasteiger partial charge is 0.374 e. The number of halogens is 3. The van der Waals surface area contributed by atoms with Crippen molar-refractivity contribution in [1.82, 2.24) is 10.0 Å². The van der Waals surface area contributed by atoms with Crippen LogP contribution >= 0.6 is 27.3 Å². The Balaban J connectivity index is 2.55. The Morgan fingerprint density at radius 1 is 1.50 bits per heavy atom. The summed E-state index contributed by atoms with van der Waals surface area (Å²) < 4.78 is 55.1. The molecule has 0 aliphatic rings. The average Bonchev–Trinajstić information content (AvgIpc) is 2.70. The maximum absolute atomic E-state index is 12.0. The second-order valence-corrected chi connectivity index (χ2v) is 7.93. The first-order valence-corrected chi connectivity index (χ1v) is 8.74. The van der Waals surface area contributed by atoms with Gasteiger partial charge < -0.3 is 10.1 Å². The highest BCUT2D eigenvalue weighted by molar-refractivity contribution is 9.11. The lowest BCUT2D eigenvalue weighted by Crippen LogP contribution is -2.28. The number of alkyl halides is 2. The molecule has 0 fully saturated rings. The molecule has 116 valence electrons. The summed E-state index contributed by atoms with van der Waals surface area (Å²) in [6.45, 7) is -0.292. The molecule has 0 aliphatic carbocycles. The highest BCUT2D eigenvalue weighted by Crippen LogP contribution is 2.31. The molecular weight excluding hydrogens is 378 g/mol. The molecule has 2 N–H and O–H groups in total. The summed E-state index contributed by atoms with van der Waals surface area (Å²) in [6, 6.07) is 1.56. The van der Waals surface area contributed by atoms with Crippen LogP contribution in [0, 0.1) is 0 Å². The van der Waals surface area contributed by atoms with Crippen LogP contribution in [0.5, 0.6) is 0 Å². The zero-order chi connectivity index (χ0) is 15.2. The van der Waals surface area contributed by atoms with E-state index in [2.05, 4.69) is 30.7 Å². The number of hydrogen-bond acceptors (Lipinski definition) is 5. The molecule has 0 aliphatic heterocycles. The van der Waals surface area contributed by atoms with Gasteiger partial charge in [0.15, 0.2) is 0 Å². The molecule has 0 atom stereocenters. The Morgan fingerprint density at radius 2 is 2.20 bits per heavy atom. The van der Waals surface area contributed by atoms with Crippen molar-refractivity contribution in [1.29, 1.82) is 0 Å². The van der Waals surface area contributed by atoms with Gasteiger partial charge in [-0.3, -0.25) is 0 Å². The van der Waals surface area contributed by atoms with Crippen molar-refractivity contribution in [3.05, 3.63) is 14.7 Å². The molecule has 0 amide bonds. The van der Waals surface area contributed by atoms with E-state index in [1.54, 1.807) is 13.1 Å². The second-order valence-electron chi connectivity index (χ2n) is 3.74. The Bertz CT molecular complexity index is 523. The summed E-state index contributed by atoms with van der Waals surface area (Å²) in [5, 5.41) is 2.93. The number of nitrogens with one attached hydrogen (secondary N) is 2. The van der Waals surface area contributed by atoms with Crippen molar-refractivity contribution < 1.29 is 21.9 Å². The highest BCUT2D eigenvalue weighted by atomic mass is 79.9. The van der Waals surface area contributed by atoms with E-state index in [-0.39, 0.29) is 18.0 Å². The van der Waals surface area contributed by atoms with Crippen LogP contribution in [0.3, 0.4) is 0 Å². The third kappa shape index (κ3) is 5.70. The zero-order valence-electron chi connectivity index (χ0n) is 10.7. The predicted molar refractivity (Wildman–Crippen MR) is 76.8 cm³/mol. The summed E-state index contributed by atoms with van der Waals surface area (Å²) in [5.41, 5.74) is 0. The Morgan fingerprint density at radius 3 is 2.80 bits per heavy atom. The smallest absolute Gasteiger partial charge is 0.261 e. The van der Waals surface area contributed by atoms with Crippen LogP contribution in [0.4, 0.5) is 8.78 Å². The van der Waals surface area contributed by atoms with E-state index in [0.29, 0.717) is 10.3 Å². The van der Waals surface area contributed by atoms with Crippen LogP contribution in [0.25, 0.3) is 0 Å². The summed E-state index contributed by atoms with van der Waals surface area (Å²) >= 11 is 4.52. The molecular formula is C10H15BrF2N2O3S2. The Kier molecular flexibility index (Phi) is 7.48. The van der Waals surface area contributed by atoms with Crippen molar-refractivity contribution >= 4 is 37.3 Å². The fourth-order valence-corrected chi connectivity index (χ4v) is 5.05. The van der Waals surface area contributed by atoms with Crippen LogP contribution in [-0.2, 0) is 21.3 Å². The monoisotopic (exact) mass is 392 g/mol. The lowest BCUT2D eigenvalue weighted by atomic mass is 10.5. The van der Waals surface area contributed by atoms with E-state index >= 15 is 0 Å². The Hall–Kier alpha value is -0.130. The van der Waals surface area contributed by atoms with E-state index < -0.39 is 23.1 Å². The van der Waals surface area contributed by atoms with Crippen molar-refractivity contribution in [2.45, 2.75) is 17.9 Å². The fraction of sp³-hybridized carbons (Fsp3) is 0.600. The molecule has 10 heteroatoms. The van der Waals surface area contributed by atoms with Gasteiger partial charge in [-0.25, -0.2) is 21.9 Å². The lowest BCUT2D eigenvalue weighted by Gasteiger charge is -2.06. The number of hydrogen-bond donors (Lipinski definition) is 2. The van der Waals surface area contributed by atoms with Gasteiger partial charge in [-0.15, -0.1) is 11.3 Å². The van der Waals surface area contributed by atoms with Crippen molar-refractivity contribution in [3.8, 4) is 0 Å². The van der Waals surface area contributed by atoms with Gasteiger partial charge in [0.1, 0.15) is 11.5 Å². The number of sulfonamides is 1. The predicted octanol–water partition coefficient (Wildman–Crippen LogP) is 1.79. The molecule has 0 spiro atoms. The molecule has 0 saturated heterocycles. The van der Waals surface area contributed by atoms with Gasteiger partial charge in [0.25, 0.3) is 6.43 Å². The molecule has 1 rings (SSSR count). The molecule has 0 radical (unpaired) electrons. The molecule has 0 saturated carbocycles. The van der Waals surface area contributed by atoms with Gasteiger partial charge in [0.2, 0.25) is 10.0 Å². The molecule has 1 heterocycles. The lowest BCUT2D eigenvalue weighted by molar-refractivity contribution is 0.0199. The average molecular weight is 393 g/mol. The fourth-order valence-electron chi connectivity index (χ4n) is 1.34. The van der Waals surface area contributed by atoms with E-state index in [4.69, 9.17) is 0 Å². The van der Waals surface area contributed by atoms with Gasteiger partial charge >= 0.3 is 0 Å². The topological polar surface area (TPSA) is 67.4 Å². The van der Waals surface area contributed by atoms with Crippen LogP contribution in [0.2, 0.25) is 0 Å². The summed E-state index contributed by atoms with van der Waals surface area (Å²) in [7, 11) is -1.91. The van der Waals surface area contributed by atoms with E-state index in [1.807, 2.05) is 0 Å². The van der Waals surface area contributed by atoms with Gasteiger partial charge in [0.05, 0.1) is 10.4 Å². The first kappa shape index (κ1) is 17.9. The van der Waals surface area contributed by atoms with Crippen molar-refractivity contribution in [2.75, 3.05) is 26.8 Å². The highest BCUT2D eigenvalue weighted by Gasteiger charge is 2.20. The van der Waals surface area contributed by atoms with Crippen LogP contribution in [0.15, 0.2) is 14.7 Å². The summed E-state index contributed by atoms with van der Waals surface area (Å²) in [6.07, 6.45) is -2.55. The maximum Gasteiger partial charge on any atom is 0.261 e. The minimum atomic E-state index is -3.67. The van der Waals surface area contributed by atoms with Gasteiger partial charge in [-0.2, -0.15) is 0 Å². The van der Waals surface area contributed by atoms with Crippen LogP contribution < -0.4 is 10.0 Å². The normalized spacial score (nSPS) is 12.2. The SMILES string of the molecule is CNCc1cc(S(=O)(=O)NCCOCC(F)F)c(Br)s1. The van der Waals surface area contributed by atoms with E-state index in [9.17, 15) is 17.2 Å². The first-order valence-electron chi connectivity index (χ1n) is 5.65. The van der Waals surface area contributed by atoms with Crippen molar-refractivity contribution in [3.63, 3.8) is 0 Å². The molecule has 0 unspecified atom stereocenters. The quantitative estimate of drug-likeness (QED) is 0.628. The second kappa shape index (κ2) is 8.35. The third-order valence-electron chi connectivity index (χ3n) is 2.13. The minimum Gasteiger partial charge on any atom is -0.374 e. The van der Waals surface area contributed by atoms with E-state index in [0.717, 1.165) is 4.88 Å². The van der Waals surface area contributed by atoms with Crippen LogP contribution in [0.1, 0.15) is 4.88 Å². The zero-order valence-corrected chi connectivity index (χ0v) is 13.9.